The van der Waals surface area contributed by atoms with Gasteiger partial charge in [-0.05, 0) is 46.6 Å². The zero-order chi connectivity index (χ0) is 16.8. The van der Waals surface area contributed by atoms with E-state index in [0.717, 1.165) is 30.6 Å². The standard InChI is InChI=1S/C16H23N3O3S/c1-10(2)19-12(4)16(11(3)17-19)23(20,21)18-14-6-5-7-15-13(14)8-9-22-15/h8-10,14,18H,5-7H2,1-4H3/t14-/m0/s1. The number of hydrogen-bond acceptors (Lipinski definition) is 4. The zero-order valence-electron chi connectivity index (χ0n) is 14.0. The lowest BCUT2D eigenvalue weighted by molar-refractivity contribution is 0.438. The van der Waals surface area contributed by atoms with Crippen LogP contribution in [0, 0.1) is 13.8 Å². The molecule has 0 aliphatic heterocycles. The van der Waals surface area contributed by atoms with Gasteiger partial charge in [0.1, 0.15) is 10.7 Å². The number of furan rings is 1. The lowest BCUT2D eigenvalue weighted by atomic mass is 9.94. The normalized spacial score (nSPS) is 18.4. The van der Waals surface area contributed by atoms with Gasteiger partial charge in [0.25, 0.3) is 0 Å². The van der Waals surface area contributed by atoms with Crippen LogP contribution < -0.4 is 4.72 Å². The van der Waals surface area contributed by atoms with Gasteiger partial charge >= 0.3 is 0 Å². The van der Waals surface area contributed by atoms with E-state index in [2.05, 4.69) is 9.82 Å². The minimum atomic E-state index is -3.63. The van der Waals surface area contributed by atoms with Gasteiger partial charge in [0.2, 0.25) is 10.0 Å². The van der Waals surface area contributed by atoms with Crippen molar-refractivity contribution in [2.45, 2.75) is 63.9 Å². The van der Waals surface area contributed by atoms with Crippen molar-refractivity contribution in [3.05, 3.63) is 35.0 Å². The van der Waals surface area contributed by atoms with Crippen molar-refractivity contribution >= 4 is 10.0 Å². The summed E-state index contributed by atoms with van der Waals surface area (Å²) in [6, 6.07) is 1.75. The number of fused-ring (bicyclic) bond motifs is 1. The predicted octanol–water partition coefficient (Wildman–Crippen LogP) is 3.03. The molecule has 23 heavy (non-hydrogen) atoms. The van der Waals surface area contributed by atoms with Crippen LogP contribution in [0.1, 0.15) is 61.5 Å². The molecule has 0 radical (unpaired) electrons. The van der Waals surface area contributed by atoms with Crippen LogP contribution in [0.15, 0.2) is 21.6 Å². The number of aryl methyl sites for hydroxylation is 2. The Morgan fingerprint density at radius 2 is 2.13 bits per heavy atom. The Balaban J connectivity index is 1.95. The maximum atomic E-state index is 12.9. The molecule has 0 spiro atoms. The van der Waals surface area contributed by atoms with Gasteiger partial charge in [-0.25, -0.2) is 13.1 Å². The number of sulfonamides is 1. The maximum absolute atomic E-state index is 12.9. The fraction of sp³-hybridized carbons (Fsp3) is 0.562. The Bertz CT molecular complexity index is 818. The van der Waals surface area contributed by atoms with Crippen molar-refractivity contribution in [2.75, 3.05) is 0 Å². The molecule has 0 amide bonds. The summed E-state index contributed by atoms with van der Waals surface area (Å²) >= 11 is 0. The molecule has 2 heterocycles. The van der Waals surface area contributed by atoms with Gasteiger partial charge in [0.15, 0.2) is 0 Å². The number of hydrogen-bond donors (Lipinski definition) is 1. The molecule has 2 aromatic rings. The third-order valence-corrected chi connectivity index (χ3v) is 6.09. The summed E-state index contributed by atoms with van der Waals surface area (Å²) in [5.41, 5.74) is 2.16. The lowest BCUT2D eigenvalue weighted by Crippen LogP contribution is -2.31. The molecule has 0 bridgehead atoms. The summed E-state index contributed by atoms with van der Waals surface area (Å²) in [5.74, 6) is 0.885. The molecule has 1 aliphatic carbocycles. The van der Waals surface area contributed by atoms with Gasteiger partial charge in [-0.1, -0.05) is 0 Å². The van der Waals surface area contributed by atoms with Crippen molar-refractivity contribution in [3.8, 4) is 0 Å². The number of nitrogens with one attached hydrogen (secondary N) is 1. The Morgan fingerprint density at radius 1 is 1.39 bits per heavy atom. The van der Waals surface area contributed by atoms with Gasteiger partial charge in [0, 0.05) is 18.0 Å². The second kappa shape index (κ2) is 5.79. The van der Waals surface area contributed by atoms with Crippen molar-refractivity contribution < 1.29 is 12.8 Å². The fourth-order valence-corrected chi connectivity index (χ4v) is 5.04. The minimum absolute atomic E-state index is 0.118. The van der Waals surface area contributed by atoms with Crippen LogP contribution in [0.4, 0.5) is 0 Å². The molecular weight excluding hydrogens is 314 g/mol. The van der Waals surface area contributed by atoms with E-state index in [0.29, 0.717) is 16.3 Å². The first kappa shape index (κ1) is 16.3. The molecule has 7 heteroatoms. The molecule has 0 unspecified atom stereocenters. The highest BCUT2D eigenvalue weighted by Gasteiger charge is 2.31. The highest BCUT2D eigenvalue weighted by atomic mass is 32.2. The highest BCUT2D eigenvalue weighted by Crippen LogP contribution is 2.32. The van der Waals surface area contributed by atoms with E-state index in [4.69, 9.17) is 4.42 Å². The summed E-state index contributed by atoms with van der Waals surface area (Å²) in [6.45, 7) is 7.52. The second-order valence-electron chi connectivity index (χ2n) is 6.40. The first-order chi connectivity index (χ1) is 10.8. The number of aromatic nitrogens is 2. The maximum Gasteiger partial charge on any atom is 0.244 e. The largest absolute Gasteiger partial charge is 0.469 e. The third kappa shape index (κ3) is 2.83. The quantitative estimate of drug-likeness (QED) is 0.930. The van der Waals surface area contributed by atoms with E-state index in [-0.39, 0.29) is 12.1 Å². The molecule has 1 aliphatic rings. The van der Waals surface area contributed by atoms with E-state index < -0.39 is 10.0 Å². The average Bonchev–Trinajstić information content (AvgIpc) is 3.03. The van der Waals surface area contributed by atoms with Crippen molar-refractivity contribution in [1.82, 2.24) is 14.5 Å². The zero-order valence-corrected chi connectivity index (χ0v) is 14.8. The molecule has 1 N–H and O–H groups in total. The summed E-state index contributed by atoms with van der Waals surface area (Å²) in [5, 5.41) is 4.38. The third-order valence-electron chi connectivity index (χ3n) is 4.37. The van der Waals surface area contributed by atoms with Crippen LogP contribution in [0.3, 0.4) is 0 Å². The van der Waals surface area contributed by atoms with Gasteiger partial charge in [0.05, 0.1) is 23.7 Å². The SMILES string of the molecule is Cc1nn(C(C)C)c(C)c1S(=O)(=O)N[C@H]1CCCc2occc21. The first-order valence-corrected chi connectivity index (χ1v) is 9.44. The van der Waals surface area contributed by atoms with Crippen LogP contribution >= 0.6 is 0 Å². The molecule has 0 aromatic carbocycles. The Kier molecular flexibility index (Phi) is 4.10. The molecule has 2 aromatic heterocycles. The predicted molar refractivity (Wildman–Crippen MR) is 86.8 cm³/mol. The number of rotatable bonds is 4. The average molecular weight is 337 g/mol. The Morgan fingerprint density at radius 3 is 2.78 bits per heavy atom. The minimum Gasteiger partial charge on any atom is -0.469 e. The molecule has 3 rings (SSSR count). The van der Waals surface area contributed by atoms with Gasteiger partial charge in [-0.3, -0.25) is 4.68 Å². The number of nitrogens with zero attached hydrogens (tertiary/aromatic N) is 2. The summed E-state index contributed by atoms with van der Waals surface area (Å²) in [6.07, 6.45) is 4.19. The van der Waals surface area contributed by atoms with E-state index in [1.165, 1.54) is 0 Å². The summed E-state index contributed by atoms with van der Waals surface area (Å²) in [4.78, 5) is 0.293. The van der Waals surface area contributed by atoms with Gasteiger partial charge in [-0.15, -0.1) is 0 Å². The summed E-state index contributed by atoms with van der Waals surface area (Å²) in [7, 11) is -3.63. The molecule has 126 valence electrons. The second-order valence-corrected chi connectivity index (χ2v) is 8.05. The van der Waals surface area contributed by atoms with Crippen LogP contribution in [0.2, 0.25) is 0 Å². The first-order valence-electron chi connectivity index (χ1n) is 7.95. The van der Waals surface area contributed by atoms with Crippen LogP contribution in [0.25, 0.3) is 0 Å². The van der Waals surface area contributed by atoms with E-state index >= 15 is 0 Å². The highest BCUT2D eigenvalue weighted by molar-refractivity contribution is 7.89. The van der Waals surface area contributed by atoms with Gasteiger partial charge < -0.3 is 4.42 Å². The molecule has 0 saturated heterocycles. The Hall–Kier alpha value is -1.60. The smallest absolute Gasteiger partial charge is 0.244 e. The van der Waals surface area contributed by atoms with Crippen molar-refractivity contribution in [1.29, 1.82) is 0 Å². The topological polar surface area (TPSA) is 77.1 Å². The molecule has 6 nitrogen and oxygen atoms in total. The lowest BCUT2D eigenvalue weighted by Gasteiger charge is -2.22. The van der Waals surface area contributed by atoms with Crippen LogP contribution in [-0.4, -0.2) is 18.2 Å². The summed E-state index contributed by atoms with van der Waals surface area (Å²) < 4.78 is 35.9. The molecule has 1 atom stereocenters. The van der Waals surface area contributed by atoms with E-state index in [1.807, 2.05) is 19.9 Å². The monoisotopic (exact) mass is 337 g/mol. The van der Waals surface area contributed by atoms with Crippen LogP contribution in [0.5, 0.6) is 0 Å². The van der Waals surface area contributed by atoms with E-state index in [9.17, 15) is 8.42 Å². The van der Waals surface area contributed by atoms with Crippen molar-refractivity contribution in [2.24, 2.45) is 0 Å². The van der Waals surface area contributed by atoms with Gasteiger partial charge in [-0.2, -0.15) is 5.10 Å². The molecular formula is C16H23N3O3S. The Labute approximate surface area is 136 Å². The van der Waals surface area contributed by atoms with Crippen LogP contribution in [-0.2, 0) is 16.4 Å². The molecule has 0 fully saturated rings. The molecule has 0 saturated carbocycles. The fourth-order valence-electron chi connectivity index (χ4n) is 3.39. The van der Waals surface area contributed by atoms with E-state index in [1.54, 1.807) is 24.8 Å². The van der Waals surface area contributed by atoms with Crippen molar-refractivity contribution in [3.63, 3.8) is 0 Å².